The molecule has 4 atom stereocenters. The largest absolute Gasteiger partial charge is 0.478 e. The number of piperidine rings is 1. The third kappa shape index (κ3) is 3.62. The van der Waals surface area contributed by atoms with Crippen molar-refractivity contribution in [1.29, 1.82) is 0 Å². The van der Waals surface area contributed by atoms with Crippen molar-refractivity contribution in [1.82, 2.24) is 4.90 Å². The maximum absolute atomic E-state index is 12.2. The van der Waals surface area contributed by atoms with Crippen LogP contribution in [0.5, 0.6) is 0 Å². The summed E-state index contributed by atoms with van der Waals surface area (Å²) in [6, 6.07) is 7.79. The van der Waals surface area contributed by atoms with Crippen LogP contribution < -0.4 is 0 Å². The van der Waals surface area contributed by atoms with Gasteiger partial charge in [0.15, 0.2) is 5.78 Å². The molecule has 0 bridgehead atoms. The van der Waals surface area contributed by atoms with E-state index >= 15 is 0 Å². The van der Waals surface area contributed by atoms with Crippen LogP contribution in [0.3, 0.4) is 0 Å². The first-order chi connectivity index (χ1) is 13.4. The molecule has 1 aromatic carbocycles. The SMILES string of the molecule is CC(=O)[C@@]1(C2CC2)CCC(N2CC[C@H](c3cccc(C(=O)O)c3)[C@@H](C)C2)CO1. The van der Waals surface area contributed by atoms with Crippen LogP contribution in [-0.2, 0) is 9.53 Å². The Bertz CT molecular complexity index is 749. The zero-order valence-electron chi connectivity index (χ0n) is 16.9. The van der Waals surface area contributed by atoms with Crippen molar-refractivity contribution in [3.8, 4) is 0 Å². The molecule has 0 spiro atoms. The highest BCUT2D eigenvalue weighted by atomic mass is 16.5. The van der Waals surface area contributed by atoms with Gasteiger partial charge in [-0.25, -0.2) is 4.79 Å². The molecule has 1 unspecified atom stereocenters. The summed E-state index contributed by atoms with van der Waals surface area (Å²) in [5.74, 6) is 0.635. The van der Waals surface area contributed by atoms with Crippen molar-refractivity contribution < 1.29 is 19.4 Å². The molecule has 1 N–H and O–H groups in total. The number of hydrogen-bond acceptors (Lipinski definition) is 4. The molecule has 1 saturated carbocycles. The van der Waals surface area contributed by atoms with Gasteiger partial charge in [0.25, 0.3) is 0 Å². The van der Waals surface area contributed by atoms with Gasteiger partial charge >= 0.3 is 5.97 Å². The summed E-state index contributed by atoms with van der Waals surface area (Å²) in [6.07, 6.45) is 5.17. The van der Waals surface area contributed by atoms with E-state index in [1.807, 2.05) is 12.1 Å². The molecule has 1 aromatic rings. The van der Waals surface area contributed by atoms with Gasteiger partial charge in [-0.2, -0.15) is 0 Å². The van der Waals surface area contributed by atoms with Gasteiger partial charge in [0.05, 0.1) is 12.2 Å². The molecular formula is C23H31NO4. The molecule has 2 saturated heterocycles. The van der Waals surface area contributed by atoms with Crippen LogP contribution in [-0.4, -0.2) is 53.1 Å². The molecule has 2 heterocycles. The Balaban J connectivity index is 1.38. The van der Waals surface area contributed by atoms with E-state index in [9.17, 15) is 14.7 Å². The number of carboxylic acids is 1. The van der Waals surface area contributed by atoms with Crippen LogP contribution in [0.2, 0.25) is 0 Å². The molecule has 152 valence electrons. The number of carbonyl (C=O) groups is 2. The number of ketones is 1. The van der Waals surface area contributed by atoms with Gasteiger partial charge in [0.2, 0.25) is 0 Å². The number of nitrogens with zero attached hydrogens (tertiary/aromatic N) is 1. The summed E-state index contributed by atoms with van der Waals surface area (Å²) in [6.45, 7) is 6.60. The lowest BCUT2D eigenvalue weighted by molar-refractivity contribution is -0.161. The molecule has 0 radical (unpaired) electrons. The number of likely N-dealkylation sites (tertiary alicyclic amines) is 1. The summed E-state index contributed by atoms with van der Waals surface area (Å²) in [5, 5.41) is 9.26. The Morgan fingerprint density at radius 2 is 2.00 bits per heavy atom. The van der Waals surface area contributed by atoms with E-state index in [4.69, 9.17) is 4.74 Å². The molecule has 5 heteroatoms. The van der Waals surface area contributed by atoms with Crippen molar-refractivity contribution in [3.63, 3.8) is 0 Å². The van der Waals surface area contributed by atoms with Crippen LogP contribution in [0.25, 0.3) is 0 Å². The molecule has 28 heavy (non-hydrogen) atoms. The van der Waals surface area contributed by atoms with Gasteiger partial charge in [-0.05, 0) is 81.0 Å². The van der Waals surface area contributed by atoms with E-state index in [0.29, 0.717) is 36.0 Å². The van der Waals surface area contributed by atoms with Crippen LogP contribution in [0.4, 0.5) is 0 Å². The second-order valence-corrected chi connectivity index (χ2v) is 9.02. The summed E-state index contributed by atoms with van der Waals surface area (Å²) >= 11 is 0. The topological polar surface area (TPSA) is 66.8 Å². The van der Waals surface area contributed by atoms with Crippen molar-refractivity contribution >= 4 is 11.8 Å². The monoisotopic (exact) mass is 385 g/mol. The number of hydrogen-bond donors (Lipinski definition) is 1. The average Bonchev–Trinajstić information content (AvgIpc) is 3.53. The van der Waals surface area contributed by atoms with Gasteiger partial charge in [0.1, 0.15) is 5.60 Å². The van der Waals surface area contributed by atoms with Crippen molar-refractivity contribution in [3.05, 3.63) is 35.4 Å². The van der Waals surface area contributed by atoms with Gasteiger partial charge in [0, 0.05) is 12.6 Å². The number of carbonyl (C=O) groups excluding carboxylic acids is 1. The first-order valence-corrected chi connectivity index (χ1v) is 10.6. The minimum absolute atomic E-state index is 0.207. The fourth-order valence-electron chi connectivity index (χ4n) is 5.41. The highest BCUT2D eigenvalue weighted by Crippen LogP contribution is 2.47. The van der Waals surface area contributed by atoms with E-state index < -0.39 is 11.6 Å². The maximum Gasteiger partial charge on any atom is 0.335 e. The Labute approximate surface area is 167 Å². The first kappa shape index (κ1) is 19.6. The maximum atomic E-state index is 12.2. The van der Waals surface area contributed by atoms with Crippen molar-refractivity contribution in [2.24, 2.45) is 11.8 Å². The first-order valence-electron chi connectivity index (χ1n) is 10.6. The Hall–Kier alpha value is -1.72. The van der Waals surface area contributed by atoms with Crippen molar-refractivity contribution in [2.75, 3.05) is 19.7 Å². The molecule has 3 fully saturated rings. The summed E-state index contributed by atoms with van der Waals surface area (Å²) in [4.78, 5) is 26.0. The van der Waals surface area contributed by atoms with Crippen LogP contribution >= 0.6 is 0 Å². The number of carboxylic acid groups (broad SMARTS) is 1. The van der Waals surface area contributed by atoms with Crippen LogP contribution in [0.15, 0.2) is 24.3 Å². The molecule has 2 aliphatic heterocycles. The predicted molar refractivity (Wildman–Crippen MR) is 107 cm³/mol. The van der Waals surface area contributed by atoms with Gasteiger partial charge < -0.3 is 9.84 Å². The van der Waals surface area contributed by atoms with E-state index in [1.165, 1.54) is 0 Å². The molecule has 4 rings (SSSR count). The molecule has 5 nitrogen and oxygen atoms in total. The molecule has 0 amide bonds. The lowest BCUT2D eigenvalue weighted by Crippen LogP contribution is -2.54. The Kier molecular flexibility index (Phi) is 5.32. The van der Waals surface area contributed by atoms with Gasteiger partial charge in [-0.1, -0.05) is 19.1 Å². The zero-order chi connectivity index (χ0) is 19.9. The molecule has 3 aliphatic rings. The minimum atomic E-state index is -0.865. The van der Waals surface area contributed by atoms with E-state index in [-0.39, 0.29) is 5.78 Å². The number of aromatic carboxylic acids is 1. The second kappa shape index (κ2) is 7.60. The summed E-state index contributed by atoms with van der Waals surface area (Å²) < 4.78 is 6.25. The second-order valence-electron chi connectivity index (χ2n) is 9.02. The fourth-order valence-corrected chi connectivity index (χ4v) is 5.41. The van der Waals surface area contributed by atoms with Crippen molar-refractivity contribution in [2.45, 2.75) is 63.5 Å². The lowest BCUT2D eigenvalue weighted by atomic mass is 9.79. The standard InChI is InChI=1S/C23H31NO4/c1-15-13-24(11-9-21(15)17-4-3-5-18(12-17)22(26)27)20-8-10-23(16(2)25,28-14-20)19-6-7-19/h3-5,12,15,19-21H,6-11,13-14H2,1-2H3,(H,26,27)/t15-,20?,21-,23+/m0/s1. The average molecular weight is 386 g/mol. The number of benzene rings is 1. The number of Topliss-reactive ketones (excluding diaryl/α,β-unsaturated/α-hetero) is 1. The fraction of sp³-hybridized carbons (Fsp3) is 0.652. The minimum Gasteiger partial charge on any atom is -0.478 e. The zero-order valence-corrected chi connectivity index (χ0v) is 16.9. The lowest BCUT2D eigenvalue weighted by Gasteiger charge is -2.46. The Morgan fingerprint density at radius 1 is 1.21 bits per heavy atom. The van der Waals surface area contributed by atoms with E-state index in [2.05, 4.69) is 17.9 Å². The third-order valence-corrected chi connectivity index (χ3v) is 7.23. The van der Waals surface area contributed by atoms with Gasteiger partial charge in [-0.3, -0.25) is 9.69 Å². The smallest absolute Gasteiger partial charge is 0.335 e. The highest BCUT2D eigenvalue weighted by Gasteiger charge is 2.52. The van der Waals surface area contributed by atoms with Gasteiger partial charge in [-0.15, -0.1) is 0 Å². The number of rotatable bonds is 5. The summed E-state index contributed by atoms with van der Waals surface area (Å²) in [7, 11) is 0. The van der Waals surface area contributed by atoms with E-state index in [0.717, 1.165) is 50.8 Å². The Morgan fingerprint density at radius 3 is 2.57 bits per heavy atom. The van der Waals surface area contributed by atoms with Crippen LogP contribution in [0.1, 0.15) is 67.8 Å². The quantitative estimate of drug-likeness (QED) is 0.837. The third-order valence-electron chi connectivity index (χ3n) is 7.23. The summed E-state index contributed by atoms with van der Waals surface area (Å²) in [5.41, 5.74) is 1.00. The van der Waals surface area contributed by atoms with Crippen LogP contribution in [0, 0.1) is 11.8 Å². The molecular weight excluding hydrogens is 354 g/mol. The predicted octanol–water partition coefficient (Wildman–Crippen LogP) is 3.73. The molecule has 0 aromatic heterocycles. The number of ether oxygens (including phenoxy) is 1. The molecule has 1 aliphatic carbocycles. The normalized spacial score (nSPS) is 34.1. The highest BCUT2D eigenvalue weighted by molar-refractivity contribution is 5.87. The van der Waals surface area contributed by atoms with E-state index in [1.54, 1.807) is 13.0 Å².